The molecule has 1 aromatic heterocycles. The summed E-state index contributed by atoms with van der Waals surface area (Å²) < 4.78 is 5.19. The topological polar surface area (TPSA) is 78.7 Å². The van der Waals surface area contributed by atoms with Gasteiger partial charge < -0.3 is 19.8 Å². The number of ether oxygens (including phenoxy) is 1. The number of hydrogen-bond donors (Lipinski definition) is 2. The third kappa shape index (κ3) is 2.70. The second-order valence-corrected chi connectivity index (χ2v) is 4.46. The van der Waals surface area contributed by atoms with Crippen molar-refractivity contribution in [3.8, 4) is 5.88 Å². The Labute approximate surface area is 106 Å². The summed E-state index contributed by atoms with van der Waals surface area (Å²) in [6, 6.07) is 0. The van der Waals surface area contributed by atoms with Crippen LogP contribution < -0.4 is 9.64 Å². The minimum absolute atomic E-state index is 0.161. The summed E-state index contributed by atoms with van der Waals surface area (Å²) in [5.74, 6) is 1.43. The van der Waals surface area contributed by atoms with E-state index < -0.39 is 6.10 Å². The number of nitrogens with zero attached hydrogens (tertiary/aromatic N) is 3. The fraction of sp³-hybridized carbons (Fsp3) is 0.667. The molecule has 1 aliphatic heterocycles. The summed E-state index contributed by atoms with van der Waals surface area (Å²) in [7, 11) is 1.58. The molecular weight excluding hydrogens is 234 g/mol. The third-order valence-electron chi connectivity index (χ3n) is 3.41. The fourth-order valence-corrected chi connectivity index (χ4v) is 2.32. The minimum Gasteiger partial charge on any atom is -0.478 e. The van der Waals surface area contributed by atoms with Crippen molar-refractivity contribution in [1.29, 1.82) is 0 Å². The molecule has 1 atom stereocenters. The van der Waals surface area contributed by atoms with Crippen molar-refractivity contribution in [3.63, 3.8) is 0 Å². The molecule has 1 aromatic rings. The van der Waals surface area contributed by atoms with E-state index >= 15 is 0 Å². The van der Waals surface area contributed by atoms with E-state index in [0.717, 1.165) is 31.7 Å². The van der Waals surface area contributed by atoms with Gasteiger partial charge in [-0.15, -0.1) is 0 Å². The molecule has 0 saturated carbocycles. The van der Waals surface area contributed by atoms with Gasteiger partial charge in [-0.1, -0.05) is 0 Å². The van der Waals surface area contributed by atoms with Crippen LogP contribution in [-0.4, -0.2) is 53.1 Å². The van der Waals surface area contributed by atoms with E-state index in [0.29, 0.717) is 5.88 Å². The molecule has 1 saturated heterocycles. The molecule has 2 heterocycles. The highest BCUT2D eigenvalue weighted by Crippen LogP contribution is 2.28. The third-order valence-corrected chi connectivity index (χ3v) is 3.41. The van der Waals surface area contributed by atoms with Crippen molar-refractivity contribution in [3.05, 3.63) is 12.4 Å². The lowest BCUT2D eigenvalue weighted by Gasteiger charge is -2.34. The Bertz CT molecular complexity index is 381. The average Bonchev–Trinajstić information content (AvgIpc) is 2.46. The molecular formula is C12H19N3O3. The normalized spacial score (nSPS) is 18.7. The zero-order valence-electron chi connectivity index (χ0n) is 10.5. The summed E-state index contributed by atoms with van der Waals surface area (Å²) in [5.41, 5.74) is 0. The van der Waals surface area contributed by atoms with Crippen molar-refractivity contribution < 1.29 is 14.9 Å². The van der Waals surface area contributed by atoms with E-state index in [1.165, 1.54) is 0 Å². The van der Waals surface area contributed by atoms with E-state index in [1.807, 2.05) is 0 Å². The number of aromatic nitrogens is 2. The Morgan fingerprint density at radius 1 is 1.39 bits per heavy atom. The van der Waals surface area contributed by atoms with Crippen LogP contribution in [0, 0.1) is 5.92 Å². The molecule has 1 aliphatic rings. The monoisotopic (exact) mass is 253 g/mol. The summed E-state index contributed by atoms with van der Waals surface area (Å²) in [6.45, 7) is 1.41. The lowest BCUT2D eigenvalue weighted by atomic mass is 9.91. The van der Waals surface area contributed by atoms with Gasteiger partial charge in [0.15, 0.2) is 5.82 Å². The Morgan fingerprint density at radius 3 is 2.67 bits per heavy atom. The lowest BCUT2D eigenvalue weighted by Crippen LogP contribution is -2.39. The quantitative estimate of drug-likeness (QED) is 0.789. The SMILES string of the molecule is COc1nccnc1N1CCC(C(O)CO)CC1. The van der Waals surface area contributed by atoms with E-state index in [1.54, 1.807) is 19.5 Å². The number of aliphatic hydroxyl groups excluding tert-OH is 2. The van der Waals surface area contributed by atoms with Crippen LogP contribution in [0.25, 0.3) is 0 Å². The minimum atomic E-state index is -0.615. The van der Waals surface area contributed by atoms with E-state index in [4.69, 9.17) is 9.84 Å². The molecule has 1 fully saturated rings. The van der Waals surface area contributed by atoms with E-state index in [2.05, 4.69) is 14.9 Å². The van der Waals surface area contributed by atoms with Gasteiger partial charge in [0, 0.05) is 25.5 Å². The van der Waals surface area contributed by atoms with Crippen LogP contribution in [0.1, 0.15) is 12.8 Å². The van der Waals surface area contributed by atoms with Crippen LogP contribution in [0.2, 0.25) is 0 Å². The zero-order chi connectivity index (χ0) is 13.0. The number of methoxy groups -OCH3 is 1. The molecule has 6 heteroatoms. The zero-order valence-corrected chi connectivity index (χ0v) is 10.5. The number of piperidine rings is 1. The predicted octanol–water partition coefficient (Wildman–Crippen LogP) is 0.0548. The van der Waals surface area contributed by atoms with E-state index in [-0.39, 0.29) is 12.5 Å². The van der Waals surface area contributed by atoms with Crippen LogP contribution in [0.4, 0.5) is 5.82 Å². The first-order valence-corrected chi connectivity index (χ1v) is 6.15. The highest BCUT2D eigenvalue weighted by atomic mass is 16.5. The first-order chi connectivity index (χ1) is 8.76. The first kappa shape index (κ1) is 13.0. The Kier molecular flexibility index (Phi) is 4.33. The molecule has 100 valence electrons. The largest absolute Gasteiger partial charge is 0.478 e. The molecule has 0 aromatic carbocycles. The second-order valence-electron chi connectivity index (χ2n) is 4.46. The van der Waals surface area contributed by atoms with E-state index in [9.17, 15) is 5.11 Å². The highest BCUT2D eigenvalue weighted by Gasteiger charge is 2.26. The number of hydrogen-bond acceptors (Lipinski definition) is 6. The van der Waals surface area contributed by atoms with Crippen LogP contribution >= 0.6 is 0 Å². The maximum Gasteiger partial charge on any atom is 0.257 e. The summed E-state index contributed by atoms with van der Waals surface area (Å²) in [4.78, 5) is 10.5. The highest BCUT2D eigenvalue weighted by molar-refractivity contribution is 5.47. The molecule has 0 spiro atoms. The van der Waals surface area contributed by atoms with Crippen molar-refractivity contribution in [1.82, 2.24) is 9.97 Å². The summed E-state index contributed by atoms with van der Waals surface area (Å²) >= 11 is 0. The van der Waals surface area contributed by atoms with Crippen LogP contribution in [0.5, 0.6) is 5.88 Å². The van der Waals surface area contributed by atoms with Gasteiger partial charge in [-0.3, -0.25) is 0 Å². The number of anilines is 1. The molecule has 1 unspecified atom stereocenters. The molecule has 6 nitrogen and oxygen atoms in total. The van der Waals surface area contributed by atoms with Gasteiger partial charge in [-0.25, -0.2) is 9.97 Å². The Morgan fingerprint density at radius 2 is 2.06 bits per heavy atom. The molecule has 2 N–H and O–H groups in total. The molecule has 0 bridgehead atoms. The van der Waals surface area contributed by atoms with Crippen molar-refractivity contribution >= 4 is 5.82 Å². The summed E-state index contributed by atoms with van der Waals surface area (Å²) in [6.07, 6.45) is 4.30. The van der Waals surface area contributed by atoms with Gasteiger partial charge in [0.05, 0.1) is 19.8 Å². The maximum atomic E-state index is 9.62. The fourth-order valence-electron chi connectivity index (χ4n) is 2.32. The van der Waals surface area contributed by atoms with Crippen LogP contribution in [-0.2, 0) is 0 Å². The Hall–Kier alpha value is -1.40. The smallest absolute Gasteiger partial charge is 0.257 e. The van der Waals surface area contributed by atoms with Crippen molar-refractivity contribution in [2.45, 2.75) is 18.9 Å². The number of rotatable bonds is 4. The van der Waals surface area contributed by atoms with Gasteiger partial charge in [-0.05, 0) is 18.8 Å². The van der Waals surface area contributed by atoms with Crippen LogP contribution in [0.15, 0.2) is 12.4 Å². The van der Waals surface area contributed by atoms with Gasteiger partial charge in [-0.2, -0.15) is 0 Å². The first-order valence-electron chi connectivity index (χ1n) is 6.15. The molecule has 0 aliphatic carbocycles. The predicted molar refractivity (Wildman–Crippen MR) is 66.6 cm³/mol. The summed E-state index contributed by atoms with van der Waals surface area (Å²) in [5, 5.41) is 18.6. The standard InChI is InChI=1S/C12H19N3O3/c1-18-12-11(13-4-5-14-12)15-6-2-9(3-7-15)10(17)8-16/h4-5,9-10,16-17H,2-3,6-8H2,1H3. The van der Waals surface area contributed by atoms with Crippen LogP contribution in [0.3, 0.4) is 0 Å². The second kappa shape index (κ2) is 5.97. The molecule has 2 rings (SSSR count). The molecule has 18 heavy (non-hydrogen) atoms. The van der Waals surface area contributed by atoms with Gasteiger partial charge in [0.25, 0.3) is 5.88 Å². The van der Waals surface area contributed by atoms with Gasteiger partial charge >= 0.3 is 0 Å². The molecule has 0 radical (unpaired) electrons. The maximum absolute atomic E-state index is 9.62. The van der Waals surface area contributed by atoms with Crippen molar-refractivity contribution in [2.75, 3.05) is 31.7 Å². The van der Waals surface area contributed by atoms with Crippen molar-refractivity contribution in [2.24, 2.45) is 5.92 Å². The lowest BCUT2D eigenvalue weighted by molar-refractivity contribution is 0.0376. The van der Waals surface area contributed by atoms with Gasteiger partial charge in [0.2, 0.25) is 0 Å². The van der Waals surface area contributed by atoms with Gasteiger partial charge in [0.1, 0.15) is 0 Å². The molecule has 0 amide bonds. The Balaban J connectivity index is 2.01. The number of aliphatic hydroxyl groups is 2. The average molecular weight is 253 g/mol.